The van der Waals surface area contributed by atoms with Gasteiger partial charge in [-0.3, -0.25) is 0 Å². The summed E-state index contributed by atoms with van der Waals surface area (Å²) in [5.41, 5.74) is 1.03. The van der Waals surface area contributed by atoms with Crippen molar-refractivity contribution in [2.75, 3.05) is 31.7 Å². The standard InChI is InChI=1S/C11H15NO2/c13-7-11(8-14-9-11)6-12-10-4-2-1-3-5-10/h1-5,12-13H,6-9H2. The highest BCUT2D eigenvalue weighted by Crippen LogP contribution is 2.26. The molecule has 3 heteroatoms. The van der Waals surface area contributed by atoms with Crippen molar-refractivity contribution in [1.82, 2.24) is 0 Å². The fourth-order valence-corrected chi connectivity index (χ4v) is 1.49. The van der Waals surface area contributed by atoms with Crippen LogP contribution in [0.25, 0.3) is 0 Å². The summed E-state index contributed by atoms with van der Waals surface area (Å²) in [5.74, 6) is 0. The first kappa shape index (κ1) is 9.49. The average molecular weight is 193 g/mol. The van der Waals surface area contributed by atoms with Gasteiger partial charge < -0.3 is 15.2 Å². The summed E-state index contributed by atoms with van der Waals surface area (Å²) in [6.07, 6.45) is 0. The van der Waals surface area contributed by atoms with Gasteiger partial charge in [-0.05, 0) is 12.1 Å². The van der Waals surface area contributed by atoms with E-state index in [4.69, 9.17) is 4.74 Å². The predicted octanol–water partition coefficient (Wildman–Crippen LogP) is 1.11. The first-order valence-corrected chi connectivity index (χ1v) is 4.82. The van der Waals surface area contributed by atoms with E-state index >= 15 is 0 Å². The third kappa shape index (κ3) is 1.89. The van der Waals surface area contributed by atoms with E-state index in [0.717, 1.165) is 12.2 Å². The highest BCUT2D eigenvalue weighted by molar-refractivity contribution is 5.42. The van der Waals surface area contributed by atoms with Crippen LogP contribution in [0.2, 0.25) is 0 Å². The van der Waals surface area contributed by atoms with Gasteiger partial charge in [-0.25, -0.2) is 0 Å². The molecule has 1 saturated heterocycles. The Balaban J connectivity index is 1.88. The van der Waals surface area contributed by atoms with Gasteiger partial charge in [0.2, 0.25) is 0 Å². The van der Waals surface area contributed by atoms with Crippen molar-refractivity contribution in [2.24, 2.45) is 5.41 Å². The quantitative estimate of drug-likeness (QED) is 0.752. The summed E-state index contributed by atoms with van der Waals surface area (Å²) in [4.78, 5) is 0. The van der Waals surface area contributed by atoms with Gasteiger partial charge in [-0.1, -0.05) is 18.2 Å². The average Bonchev–Trinajstić information content (AvgIpc) is 2.19. The van der Waals surface area contributed by atoms with Crippen LogP contribution in [0, 0.1) is 5.41 Å². The van der Waals surface area contributed by atoms with Crippen LogP contribution in [0.1, 0.15) is 0 Å². The maximum absolute atomic E-state index is 9.19. The second-order valence-corrected chi connectivity index (χ2v) is 3.87. The molecule has 0 amide bonds. The lowest BCUT2D eigenvalue weighted by Gasteiger charge is -2.40. The monoisotopic (exact) mass is 193 g/mol. The largest absolute Gasteiger partial charge is 0.396 e. The van der Waals surface area contributed by atoms with Crippen LogP contribution >= 0.6 is 0 Å². The van der Waals surface area contributed by atoms with Gasteiger partial charge >= 0.3 is 0 Å². The lowest BCUT2D eigenvalue weighted by Crippen LogP contribution is -2.50. The molecule has 0 atom stereocenters. The number of aliphatic hydroxyl groups is 1. The summed E-state index contributed by atoms with van der Waals surface area (Å²) in [6.45, 7) is 2.27. The maximum Gasteiger partial charge on any atom is 0.0584 e. The number of hydrogen-bond donors (Lipinski definition) is 2. The molecule has 14 heavy (non-hydrogen) atoms. The topological polar surface area (TPSA) is 41.5 Å². The Hall–Kier alpha value is -1.06. The Morgan fingerprint density at radius 2 is 2.00 bits per heavy atom. The normalized spacial score (nSPS) is 18.6. The highest BCUT2D eigenvalue weighted by Gasteiger charge is 2.37. The van der Waals surface area contributed by atoms with E-state index in [0.29, 0.717) is 13.2 Å². The summed E-state index contributed by atoms with van der Waals surface area (Å²) in [6, 6.07) is 10.0. The molecule has 1 aliphatic heterocycles. The molecule has 0 aliphatic carbocycles. The Morgan fingerprint density at radius 3 is 2.50 bits per heavy atom. The van der Waals surface area contributed by atoms with Crippen molar-refractivity contribution < 1.29 is 9.84 Å². The zero-order chi connectivity index (χ0) is 9.86. The molecule has 1 aromatic carbocycles. The fraction of sp³-hybridized carbons (Fsp3) is 0.455. The van der Waals surface area contributed by atoms with Crippen molar-refractivity contribution in [1.29, 1.82) is 0 Å². The molecule has 1 aromatic rings. The molecule has 0 aromatic heterocycles. The molecule has 1 heterocycles. The second kappa shape index (κ2) is 3.98. The Morgan fingerprint density at radius 1 is 1.29 bits per heavy atom. The van der Waals surface area contributed by atoms with Crippen molar-refractivity contribution in [2.45, 2.75) is 0 Å². The molecule has 0 unspecified atom stereocenters. The highest BCUT2D eigenvalue weighted by atomic mass is 16.5. The van der Waals surface area contributed by atoms with Crippen LogP contribution in [-0.4, -0.2) is 31.5 Å². The lowest BCUT2D eigenvalue weighted by molar-refractivity contribution is -0.128. The number of ether oxygens (including phenoxy) is 1. The van der Waals surface area contributed by atoms with Gasteiger partial charge in [0.05, 0.1) is 25.2 Å². The molecule has 1 fully saturated rings. The van der Waals surface area contributed by atoms with Gasteiger partial charge in [-0.15, -0.1) is 0 Å². The maximum atomic E-state index is 9.19. The minimum absolute atomic E-state index is 0.0597. The third-order valence-electron chi connectivity index (χ3n) is 2.59. The summed E-state index contributed by atoms with van der Waals surface area (Å²) in [5, 5.41) is 12.5. The molecular weight excluding hydrogens is 178 g/mol. The van der Waals surface area contributed by atoms with Crippen molar-refractivity contribution in [3.8, 4) is 0 Å². The van der Waals surface area contributed by atoms with Crippen LogP contribution in [-0.2, 0) is 4.74 Å². The Kier molecular flexibility index (Phi) is 2.70. The first-order chi connectivity index (χ1) is 6.85. The summed E-state index contributed by atoms with van der Waals surface area (Å²) < 4.78 is 5.12. The van der Waals surface area contributed by atoms with E-state index < -0.39 is 0 Å². The van der Waals surface area contributed by atoms with E-state index in [9.17, 15) is 5.11 Å². The van der Waals surface area contributed by atoms with Gasteiger partial charge in [0, 0.05) is 12.2 Å². The molecular formula is C11H15NO2. The van der Waals surface area contributed by atoms with Crippen molar-refractivity contribution in [3.05, 3.63) is 30.3 Å². The number of benzene rings is 1. The molecule has 0 spiro atoms. The van der Waals surface area contributed by atoms with E-state index in [1.165, 1.54) is 0 Å². The molecule has 2 N–H and O–H groups in total. The molecule has 3 nitrogen and oxygen atoms in total. The van der Waals surface area contributed by atoms with E-state index in [2.05, 4.69) is 5.32 Å². The van der Waals surface area contributed by atoms with Crippen molar-refractivity contribution >= 4 is 5.69 Å². The van der Waals surface area contributed by atoms with E-state index in [1.807, 2.05) is 30.3 Å². The zero-order valence-electron chi connectivity index (χ0n) is 8.07. The fourth-order valence-electron chi connectivity index (χ4n) is 1.49. The minimum atomic E-state index is -0.0597. The first-order valence-electron chi connectivity index (χ1n) is 4.82. The number of para-hydroxylation sites is 1. The third-order valence-corrected chi connectivity index (χ3v) is 2.59. The number of anilines is 1. The number of nitrogens with one attached hydrogen (secondary N) is 1. The van der Waals surface area contributed by atoms with Crippen LogP contribution in [0.15, 0.2) is 30.3 Å². The van der Waals surface area contributed by atoms with Gasteiger partial charge in [0.1, 0.15) is 0 Å². The molecule has 1 aliphatic rings. The molecule has 2 rings (SSSR count). The van der Waals surface area contributed by atoms with Crippen LogP contribution in [0.5, 0.6) is 0 Å². The number of hydrogen-bond acceptors (Lipinski definition) is 3. The molecule has 0 radical (unpaired) electrons. The Bertz CT molecular complexity index is 277. The van der Waals surface area contributed by atoms with Crippen LogP contribution < -0.4 is 5.32 Å². The lowest BCUT2D eigenvalue weighted by atomic mass is 9.87. The SMILES string of the molecule is OCC1(CNc2ccccc2)COC1. The van der Waals surface area contributed by atoms with Crippen LogP contribution in [0.3, 0.4) is 0 Å². The Labute approximate surface area is 83.7 Å². The zero-order valence-corrected chi connectivity index (χ0v) is 8.07. The van der Waals surface area contributed by atoms with Gasteiger partial charge in [0.25, 0.3) is 0 Å². The van der Waals surface area contributed by atoms with Gasteiger partial charge in [0.15, 0.2) is 0 Å². The molecule has 76 valence electrons. The molecule has 0 bridgehead atoms. The van der Waals surface area contributed by atoms with E-state index in [-0.39, 0.29) is 12.0 Å². The summed E-state index contributed by atoms with van der Waals surface area (Å²) in [7, 11) is 0. The minimum Gasteiger partial charge on any atom is -0.396 e. The van der Waals surface area contributed by atoms with Gasteiger partial charge in [-0.2, -0.15) is 0 Å². The van der Waals surface area contributed by atoms with Crippen molar-refractivity contribution in [3.63, 3.8) is 0 Å². The number of rotatable bonds is 4. The molecule has 0 saturated carbocycles. The van der Waals surface area contributed by atoms with E-state index in [1.54, 1.807) is 0 Å². The second-order valence-electron chi connectivity index (χ2n) is 3.87. The number of aliphatic hydroxyl groups excluding tert-OH is 1. The van der Waals surface area contributed by atoms with Crippen LogP contribution in [0.4, 0.5) is 5.69 Å². The smallest absolute Gasteiger partial charge is 0.0584 e. The summed E-state index contributed by atoms with van der Waals surface area (Å²) >= 11 is 0. The predicted molar refractivity (Wildman–Crippen MR) is 55.3 cm³/mol.